The molecule has 11 heavy (non-hydrogen) atoms. The fourth-order valence-corrected chi connectivity index (χ4v) is 0.329. The smallest absolute Gasteiger partial charge is 0.372 e. The normalized spacial score (nSPS) is 18.1. The first kappa shape index (κ1) is 10.3. The predicted molar refractivity (Wildman–Crippen MR) is 27.2 cm³/mol. The fraction of sp³-hybridized carbons (Fsp3) is 0.600. The molecule has 1 nitrogen and oxygen atoms in total. The molecule has 0 radical (unpaired) electrons. The molecule has 0 spiro atoms. The minimum Gasteiger partial charge on any atom is -0.372 e. The van der Waals surface area contributed by atoms with Crippen LogP contribution in [0.25, 0.3) is 0 Å². The molecule has 0 saturated carbocycles. The summed E-state index contributed by atoms with van der Waals surface area (Å²) in [4.78, 5) is 0. The zero-order valence-corrected chi connectivity index (χ0v) is 5.20. The molecule has 0 aromatic heterocycles. The molecular formula is C5H5F5O. The number of hydrogen-bond donors (Lipinski definition) is 1. The standard InChI is InChI=1S/C5H5F5O/c1-2-4(11,3(6)7)5(8,9)10/h2-3,11H,1H2. The lowest BCUT2D eigenvalue weighted by Crippen LogP contribution is -2.49. The number of alkyl halides is 5. The number of hydrogen-bond acceptors (Lipinski definition) is 1. The summed E-state index contributed by atoms with van der Waals surface area (Å²) < 4.78 is 57.7. The van der Waals surface area contributed by atoms with E-state index in [1.54, 1.807) is 0 Å². The number of aliphatic hydroxyl groups is 1. The number of halogens is 5. The van der Waals surface area contributed by atoms with Gasteiger partial charge in [-0.25, -0.2) is 8.78 Å². The van der Waals surface area contributed by atoms with Crippen LogP contribution < -0.4 is 0 Å². The molecule has 0 fully saturated rings. The van der Waals surface area contributed by atoms with Gasteiger partial charge in [-0.2, -0.15) is 13.2 Å². The third-order valence-electron chi connectivity index (χ3n) is 1.10. The molecule has 0 aliphatic carbocycles. The molecule has 1 atom stereocenters. The third kappa shape index (κ3) is 1.68. The van der Waals surface area contributed by atoms with E-state index in [9.17, 15) is 22.0 Å². The third-order valence-corrected chi connectivity index (χ3v) is 1.10. The Labute approximate surface area is 59.1 Å². The van der Waals surface area contributed by atoms with Gasteiger partial charge in [0.15, 0.2) is 0 Å². The van der Waals surface area contributed by atoms with Crippen molar-refractivity contribution in [3.63, 3.8) is 0 Å². The highest BCUT2D eigenvalue weighted by Gasteiger charge is 2.58. The lowest BCUT2D eigenvalue weighted by Gasteiger charge is -2.25. The van der Waals surface area contributed by atoms with E-state index in [1.165, 1.54) is 0 Å². The zero-order chi connectivity index (χ0) is 9.28. The van der Waals surface area contributed by atoms with Crippen molar-refractivity contribution in [2.45, 2.75) is 18.2 Å². The second-order valence-electron chi connectivity index (χ2n) is 1.83. The highest BCUT2D eigenvalue weighted by atomic mass is 19.4. The maximum absolute atomic E-state index is 11.6. The molecule has 0 aromatic rings. The summed E-state index contributed by atoms with van der Waals surface area (Å²) in [5.74, 6) is 0. The van der Waals surface area contributed by atoms with Crippen LogP contribution in [0.2, 0.25) is 0 Å². The van der Waals surface area contributed by atoms with Gasteiger partial charge in [-0.15, -0.1) is 0 Å². The second kappa shape index (κ2) is 2.77. The molecule has 1 unspecified atom stereocenters. The fourth-order valence-electron chi connectivity index (χ4n) is 0.329. The van der Waals surface area contributed by atoms with Crippen LogP contribution in [0.3, 0.4) is 0 Å². The van der Waals surface area contributed by atoms with Gasteiger partial charge in [-0.3, -0.25) is 0 Å². The SMILES string of the molecule is C=CC(O)(C(F)F)C(F)(F)F. The average Bonchev–Trinajstić information content (AvgIpc) is 1.83. The van der Waals surface area contributed by atoms with E-state index in [4.69, 9.17) is 5.11 Å². The largest absolute Gasteiger partial charge is 0.426 e. The summed E-state index contributed by atoms with van der Waals surface area (Å²) in [7, 11) is 0. The molecule has 0 rings (SSSR count). The van der Waals surface area contributed by atoms with Gasteiger partial charge in [-0.1, -0.05) is 6.58 Å². The van der Waals surface area contributed by atoms with E-state index in [2.05, 4.69) is 6.58 Å². The first-order chi connectivity index (χ1) is 4.75. The van der Waals surface area contributed by atoms with Gasteiger partial charge in [0, 0.05) is 0 Å². The van der Waals surface area contributed by atoms with Gasteiger partial charge >= 0.3 is 6.18 Å². The molecule has 0 aliphatic heterocycles. The minimum atomic E-state index is -5.39. The monoisotopic (exact) mass is 176 g/mol. The van der Waals surface area contributed by atoms with E-state index in [-0.39, 0.29) is 6.08 Å². The molecule has 1 N–H and O–H groups in total. The Bertz CT molecular complexity index is 151. The Morgan fingerprint density at radius 1 is 1.27 bits per heavy atom. The quantitative estimate of drug-likeness (QED) is 0.501. The second-order valence-corrected chi connectivity index (χ2v) is 1.83. The lowest BCUT2D eigenvalue weighted by atomic mass is 10.1. The first-order valence-electron chi connectivity index (χ1n) is 2.46. The van der Waals surface area contributed by atoms with Crippen LogP contribution >= 0.6 is 0 Å². The Hall–Kier alpha value is -0.650. The predicted octanol–water partition coefficient (Wildman–Crippen LogP) is 1.73. The van der Waals surface area contributed by atoms with Gasteiger partial charge < -0.3 is 5.11 Å². The zero-order valence-electron chi connectivity index (χ0n) is 5.20. The Morgan fingerprint density at radius 3 is 1.64 bits per heavy atom. The van der Waals surface area contributed by atoms with Crippen LogP contribution in [0.5, 0.6) is 0 Å². The molecule has 66 valence electrons. The van der Waals surface area contributed by atoms with Crippen LogP contribution in [0, 0.1) is 0 Å². The Morgan fingerprint density at radius 2 is 1.64 bits per heavy atom. The molecule has 0 saturated heterocycles. The van der Waals surface area contributed by atoms with Crippen molar-refractivity contribution in [2.24, 2.45) is 0 Å². The van der Waals surface area contributed by atoms with Crippen LogP contribution in [0.15, 0.2) is 12.7 Å². The summed E-state index contributed by atoms with van der Waals surface area (Å²) in [5, 5.41) is 8.24. The molecule has 0 heterocycles. The Balaban J connectivity index is 4.75. The summed E-state index contributed by atoms with van der Waals surface area (Å²) in [6, 6.07) is 0. The maximum atomic E-state index is 11.6. The van der Waals surface area contributed by atoms with Crippen molar-refractivity contribution in [1.29, 1.82) is 0 Å². The van der Waals surface area contributed by atoms with Crippen LogP contribution in [0.4, 0.5) is 22.0 Å². The van der Waals surface area contributed by atoms with Gasteiger partial charge in [0.25, 0.3) is 6.43 Å². The topological polar surface area (TPSA) is 20.2 Å². The van der Waals surface area contributed by atoms with Crippen LogP contribution in [-0.4, -0.2) is 23.3 Å². The van der Waals surface area contributed by atoms with Gasteiger partial charge in [-0.05, 0) is 6.08 Å². The van der Waals surface area contributed by atoms with Crippen molar-refractivity contribution < 1.29 is 27.1 Å². The van der Waals surface area contributed by atoms with Gasteiger partial charge in [0.1, 0.15) is 0 Å². The maximum Gasteiger partial charge on any atom is 0.426 e. The van der Waals surface area contributed by atoms with Gasteiger partial charge in [0.2, 0.25) is 5.60 Å². The average molecular weight is 176 g/mol. The molecule has 6 heteroatoms. The molecule has 0 aromatic carbocycles. The van der Waals surface area contributed by atoms with Crippen molar-refractivity contribution in [3.8, 4) is 0 Å². The van der Waals surface area contributed by atoms with E-state index in [1.807, 2.05) is 0 Å². The molecular weight excluding hydrogens is 171 g/mol. The van der Waals surface area contributed by atoms with E-state index in [0.29, 0.717) is 0 Å². The summed E-state index contributed by atoms with van der Waals surface area (Å²) in [6.45, 7) is 2.47. The van der Waals surface area contributed by atoms with Gasteiger partial charge in [0.05, 0.1) is 0 Å². The van der Waals surface area contributed by atoms with Crippen molar-refractivity contribution in [2.75, 3.05) is 0 Å². The molecule has 0 aliphatic rings. The Kier molecular flexibility index (Phi) is 2.60. The summed E-state index contributed by atoms with van der Waals surface area (Å²) >= 11 is 0. The first-order valence-corrected chi connectivity index (χ1v) is 2.46. The highest BCUT2D eigenvalue weighted by Crippen LogP contribution is 2.35. The highest BCUT2D eigenvalue weighted by molar-refractivity contribution is 5.03. The van der Waals surface area contributed by atoms with E-state index >= 15 is 0 Å². The van der Waals surface area contributed by atoms with E-state index in [0.717, 1.165) is 0 Å². The lowest BCUT2D eigenvalue weighted by molar-refractivity contribution is -0.276. The van der Waals surface area contributed by atoms with Crippen LogP contribution in [-0.2, 0) is 0 Å². The molecule has 0 bridgehead atoms. The summed E-state index contributed by atoms with van der Waals surface area (Å²) in [5.41, 5.74) is -4.09. The van der Waals surface area contributed by atoms with Crippen molar-refractivity contribution in [1.82, 2.24) is 0 Å². The number of rotatable bonds is 2. The molecule has 0 amide bonds. The van der Waals surface area contributed by atoms with Crippen molar-refractivity contribution in [3.05, 3.63) is 12.7 Å². The summed E-state index contributed by atoms with van der Waals surface area (Å²) in [6.07, 6.45) is -9.53. The van der Waals surface area contributed by atoms with Crippen molar-refractivity contribution >= 4 is 0 Å². The van der Waals surface area contributed by atoms with E-state index < -0.39 is 18.2 Å². The minimum absolute atomic E-state index is 0.225. The van der Waals surface area contributed by atoms with Crippen LogP contribution in [0.1, 0.15) is 0 Å².